The number of hydrogen-bond acceptors (Lipinski definition) is 4. The lowest BCUT2D eigenvalue weighted by Gasteiger charge is -2.09. The molecule has 0 saturated carbocycles. The first kappa shape index (κ1) is 18.8. The zero-order valence-corrected chi connectivity index (χ0v) is 14.6. The summed E-state index contributed by atoms with van der Waals surface area (Å²) >= 11 is 0. The van der Waals surface area contributed by atoms with Gasteiger partial charge in [0.25, 0.3) is 11.8 Å². The van der Waals surface area contributed by atoms with Crippen molar-refractivity contribution in [2.75, 3.05) is 10.6 Å². The van der Waals surface area contributed by atoms with Gasteiger partial charge in [-0.2, -0.15) is 0 Å². The number of nitrogens with one attached hydrogen (secondary N) is 3. The highest BCUT2D eigenvalue weighted by Crippen LogP contribution is 2.17. The van der Waals surface area contributed by atoms with Crippen LogP contribution in [0.25, 0.3) is 0 Å². The predicted molar refractivity (Wildman–Crippen MR) is 99.0 cm³/mol. The monoisotopic (exact) mass is 382 g/mol. The van der Waals surface area contributed by atoms with Crippen LogP contribution in [-0.4, -0.2) is 32.9 Å². The molecule has 28 heavy (non-hydrogen) atoms. The maximum atomic E-state index is 13.2. The Bertz CT molecular complexity index is 1060. The molecule has 2 amide bonds. The van der Waals surface area contributed by atoms with Gasteiger partial charge in [-0.1, -0.05) is 0 Å². The second kappa shape index (κ2) is 7.70. The Morgan fingerprint density at radius 3 is 2.18 bits per heavy atom. The maximum absolute atomic E-state index is 13.2. The average Bonchev–Trinajstić information content (AvgIpc) is 3.13. The van der Waals surface area contributed by atoms with Gasteiger partial charge in [0.2, 0.25) is 0 Å². The first-order valence-electron chi connectivity index (χ1n) is 8.10. The highest BCUT2D eigenvalue weighted by Gasteiger charge is 2.19. The van der Waals surface area contributed by atoms with Gasteiger partial charge in [-0.3, -0.25) is 9.59 Å². The molecule has 0 radical (unpaired) electrons. The molecule has 9 heteroatoms. The molecule has 0 atom stereocenters. The highest BCUT2D eigenvalue weighted by atomic mass is 19.1. The molecule has 142 valence electrons. The molecule has 8 nitrogen and oxygen atoms in total. The number of benzene rings is 2. The van der Waals surface area contributed by atoms with Crippen molar-refractivity contribution in [1.29, 1.82) is 0 Å². The van der Waals surface area contributed by atoms with E-state index in [1.807, 2.05) is 0 Å². The fraction of sp³-hybridized carbons (Fsp3) is 0.0526. The number of rotatable bonds is 5. The Morgan fingerprint density at radius 2 is 1.61 bits per heavy atom. The van der Waals surface area contributed by atoms with E-state index in [1.165, 1.54) is 30.3 Å². The third-order valence-electron chi connectivity index (χ3n) is 3.90. The number of aromatic nitrogens is 2. The van der Waals surface area contributed by atoms with Gasteiger partial charge in [-0.05, 0) is 55.0 Å². The number of amides is 2. The number of carboxylic acids is 1. The van der Waals surface area contributed by atoms with E-state index in [4.69, 9.17) is 5.11 Å². The van der Waals surface area contributed by atoms with Crippen molar-refractivity contribution in [3.05, 3.63) is 77.1 Å². The van der Waals surface area contributed by atoms with Crippen LogP contribution in [0.1, 0.15) is 36.9 Å². The first-order valence-corrected chi connectivity index (χ1v) is 8.10. The Labute approximate surface area is 158 Å². The van der Waals surface area contributed by atoms with Crippen LogP contribution in [0.2, 0.25) is 0 Å². The summed E-state index contributed by atoms with van der Waals surface area (Å²) in [5.74, 6) is -2.79. The number of imidazole rings is 1. The molecule has 0 aliphatic rings. The lowest BCUT2D eigenvalue weighted by Crippen LogP contribution is -2.17. The molecule has 0 bridgehead atoms. The van der Waals surface area contributed by atoms with Crippen LogP contribution in [0.15, 0.2) is 48.8 Å². The molecule has 1 heterocycles. The molecule has 3 aromatic rings. The normalized spacial score (nSPS) is 10.4. The molecule has 3 rings (SSSR count). The van der Waals surface area contributed by atoms with Crippen LogP contribution in [-0.2, 0) is 0 Å². The van der Waals surface area contributed by atoms with E-state index in [0.29, 0.717) is 22.5 Å². The Hall–Kier alpha value is -4.01. The number of carbonyl (C=O) groups is 3. The van der Waals surface area contributed by atoms with Crippen LogP contribution in [0.5, 0.6) is 0 Å². The second-order valence-electron chi connectivity index (χ2n) is 5.88. The summed E-state index contributed by atoms with van der Waals surface area (Å²) in [5, 5.41) is 14.2. The molecule has 2 aromatic carbocycles. The molecule has 0 spiro atoms. The van der Waals surface area contributed by atoms with Gasteiger partial charge in [0.1, 0.15) is 5.82 Å². The van der Waals surface area contributed by atoms with Crippen LogP contribution in [0.4, 0.5) is 15.8 Å². The fourth-order valence-electron chi connectivity index (χ4n) is 2.54. The quantitative estimate of drug-likeness (QED) is 0.540. The van der Waals surface area contributed by atoms with Gasteiger partial charge in [-0.15, -0.1) is 0 Å². The molecule has 4 N–H and O–H groups in total. The van der Waals surface area contributed by atoms with Gasteiger partial charge < -0.3 is 20.7 Å². The largest absolute Gasteiger partial charge is 0.477 e. The minimum Gasteiger partial charge on any atom is -0.477 e. The van der Waals surface area contributed by atoms with E-state index in [2.05, 4.69) is 20.6 Å². The molecular formula is C19H15FN4O4. The summed E-state index contributed by atoms with van der Waals surface area (Å²) in [6.45, 7) is 1.64. The fourth-order valence-corrected chi connectivity index (χ4v) is 2.54. The van der Waals surface area contributed by atoms with Crippen molar-refractivity contribution in [3.8, 4) is 0 Å². The smallest absolute Gasteiger partial charge is 0.354 e. The predicted octanol–water partition coefficient (Wildman–Crippen LogP) is 3.06. The molecular weight excluding hydrogens is 367 g/mol. The minimum atomic E-state index is -1.29. The van der Waals surface area contributed by atoms with Gasteiger partial charge in [0.05, 0.1) is 6.33 Å². The van der Waals surface area contributed by atoms with Crippen molar-refractivity contribution in [3.63, 3.8) is 0 Å². The number of aromatic amines is 1. The van der Waals surface area contributed by atoms with Crippen LogP contribution in [0, 0.1) is 12.7 Å². The number of carbonyl (C=O) groups excluding carboxylic acids is 2. The van der Waals surface area contributed by atoms with Crippen LogP contribution >= 0.6 is 0 Å². The molecule has 0 aliphatic carbocycles. The van der Waals surface area contributed by atoms with Gasteiger partial charge in [0.15, 0.2) is 11.4 Å². The van der Waals surface area contributed by atoms with Crippen molar-refractivity contribution in [1.82, 2.24) is 9.97 Å². The lowest BCUT2D eigenvalue weighted by molar-refractivity contribution is 0.0686. The van der Waals surface area contributed by atoms with Crippen LogP contribution < -0.4 is 10.6 Å². The van der Waals surface area contributed by atoms with Gasteiger partial charge >= 0.3 is 5.97 Å². The zero-order chi connectivity index (χ0) is 20.3. The lowest BCUT2D eigenvalue weighted by atomic mass is 10.1. The van der Waals surface area contributed by atoms with Crippen LogP contribution in [0.3, 0.4) is 0 Å². The number of hydrogen-bond donors (Lipinski definition) is 4. The van der Waals surface area contributed by atoms with Crippen molar-refractivity contribution in [2.24, 2.45) is 0 Å². The third-order valence-corrected chi connectivity index (χ3v) is 3.90. The van der Waals surface area contributed by atoms with E-state index in [-0.39, 0.29) is 11.4 Å². The molecule has 0 saturated heterocycles. The molecule has 0 fully saturated rings. The number of aryl methyl sites for hydroxylation is 1. The summed E-state index contributed by atoms with van der Waals surface area (Å²) in [6, 6.07) is 10.1. The highest BCUT2D eigenvalue weighted by molar-refractivity contribution is 6.09. The van der Waals surface area contributed by atoms with Gasteiger partial charge in [-0.25, -0.2) is 14.2 Å². The standard InChI is InChI=1S/C19H15FN4O4/c1-10-8-11(20)2-7-14(10)17(25)23-12-3-5-13(6-4-12)24-18(26)15-16(19(27)28)22-9-21-15/h2-9H,1H3,(H,21,22)(H,23,25)(H,24,26)(H,27,28). The molecule has 1 aromatic heterocycles. The maximum Gasteiger partial charge on any atom is 0.354 e. The number of halogens is 1. The molecule has 0 unspecified atom stereocenters. The van der Waals surface area contributed by atoms with E-state index < -0.39 is 23.6 Å². The van der Waals surface area contributed by atoms with E-state index >= 15 is 0 Å². The zero-order valence-electron chi connectivity index (χ0n) is 14.6. The summed E-state index contributed by atoms with van der Waals surface area (Å²) < 4.78 is 13.2. The van der Waals surface area contributed by atoms with E-state index in [1.54, 1.807) is 19.1 Å². The Morgan fingerprint density at radius 1 is 1.00 bits per heavy atom. The average molecular weight is 382 g/mol. The number of H-pyrrole nitrogens is 1. The summed E-state index contributed by atoms with van der Waals surface area (Å²) in [4.78, 5) is 41.6. The topological polar surface area (TPSA) is 124 Å². The third kappa shape index (κ3) is 4.04. The Balaban J connectivity index is 1.68. The minimum absolute atomic E-state index is 0.239. The number of anilines is 2. The van der Waals surface area contributed by atoms with Crippen molar-refractivity contribution < 1.29 is 23.9 Å². The summed E-state index contributed by atoms with van der Waals surface area (Å²) in [7, 11) is 0. The summed E-state index contributed by atoms with van der Waals surface area (Å²) in [5.41, 5.74) is 1.17. The van der Waals surface area contributed by atoms with E-state index in [9.17, 15) is 18.8 Å². The SMILES string of the molecule is Cc1cc(F)ccc1C(=O)Nc1ccc(NC(=O)c2nc[nH]c2C(=O)O)cc1. The number of carboxylic acid groups (broad SMARTS) is 1. The summed E-state index contributed by atoms with van der Waals surface area (Å²) in [6.07, 6.45) is 1.12. The van der Waals surface area contributed by atoms with Crippen molar-refractivity contribution in [2.45, 2.75) is 6.92 Å². The second-order valence-corrected chi connectivity index (χ2v) is 5.88. The van der Waals surface area contributed by atoms with E-state index in [0.717, 1.165) is 6.33 Å². The van der Waals surface area contributed by atoms with Gasteiger partial charge in [0, 0.05) is 16.9 Å². The number of aromatic carboxylic acids is 1. The Kier molecular flexibility index (Phi) is 5.16. The first-order chi connectivity index (χ1) is 13.3. The number of nitrogens with zero attached hydrogens (tertiary/aromatic N) is 1. The van der Waals surface area contributed by atoms with Crippen molar-refractivity contribution >= 4 is 29.2 Å². The molecule has 0 aliphatic heterocycles.